The Morgan fingerprint density at radius 1 is 0.912 bits per heavy atom. The Kier molecular flexibility index (Phi) is 7.73. The van der Waals surface area contributed by atoms with E-state index in [9.17, 15) is 9.59 Å². The van der Waals surface area contributed by atoms with Gasteiger partial charge in [0.1, 0.15) is 5.75 Å². The fourth-order valence-electron chi connectivity index (χ4n) is 4.09. The van der Waals surface area contributed by atoms with Crippen LogP contribution >= 0.6 is 23.2 Å². The minimum absolute atomic E-state index is 0.262. The van der Waals surface area contributed by atoms with E-state index in [1.807, 2.05) is 48.5 Å². The van der Waals surface area contributed by atoms with Crippen molar-refractivity contribution in [2.75, 3.05) is 19.8 Å². The van der Waals surface area contributed by atoms with E-state index >= 15 is 0 Å². The summed E-state index contributed by atoms with van der Waals surface area (Å²) in [6, 6.07) is 22.3. The Bertz CT molecular complexity index is 1160. The number of hydrogen-bond donors (Lipinski definition) is 2. The molecule has 0 radical (unpaired) electrons. The van der Waals surface area contributed by atoms with Gasteiger partial charge in [-0.2, -0.15) is 0 Å². The zero-order valence-electron chi connectivity index (χ0n) is 18.4. The molecular weight excluding hydrogens is 475 g/mol. The van der Waals surface area contributed by atoms with E-state index in [0.717, 1.165) is 11.1 Å². The van der Waals surface area contributed by atoms with Crippen molar-refractivity contribution < 1.29 is 19.1 Å². The third-order valence-electron chi connectivity index (χ3n) is 5.87. The maximum atomic E-state index is 13.3. The molecule has 0 aliphatic carbocycles. The lowest BCUT2D eigenvalue weighted by Gasteiger charge is -2.36. The fourth-order valence-corrected chi connectivity index (χ4v) is 4.68. The van der Waals surface area contributed by atoms with E-state index < -0.39 is 11.3 Å². The molecule has 0 spiro atoms. The van der Waals surface area contributed by atoms with E-state index in [2.05, 4.69) is 10.9 Å². The Labute approximate surface area is 208 Å². The van der Waals surface area contributed by atoms with Crippen LogP contribution in [0.1, 0.15) is 18.4 Å². The van der Waals surface area contributed by atoms with Crippen molar-refractivity contribution in [1.82, 2.24) is 10.9 Å². The molecule has 4 rings (SSSR count). The second-order valence-electron chi connectivity index (χ2n) is 7.97. The van der Waals surface area contributed by atoms with Gasteiger partial charge >= 0.3 is 0 Å². The SMILES string of the molecule is O=C(COc1ccccc1-c1ccccc1)NNC(=O)C1(c2ccc(Cl)cc2Cl)CCOCC1. The summed E-state index contributed by atoms with van der Waals surface area (Å²) in [6.07, 6.45) is 0.855. The zero-order chi connectivity index (χ0) is 24.0. The summed E-state index contributed by atoms with van der Waals surface area (Å²) in [7, 11) is 0. The van der Waals surface area contributed by atoms with Crippen LogP contribution < -0.4 is 15.6 Å². The van der Waals surface area contributed by atoms with Gasteiger partial charge in [-0.3, -0.25) is 20.4 Å². The number of carbonyl (C=O) groups is 2. The normalized spacial score (nSPS) is 14.8. The molecule has 0 bridgehead atoms. The van der Waals surface area contributed by atoms with Crippen LogP contribution in [0.3, 0.4) is 0 Å². The summed E-state index contributed by atoms with van der Waals surface area (Å²) in [6.45, 7) is 0.543. The topological polar surface area (TPSA) is 76.7 Å². The van der Waals surface area contributed by atoms with Gasteiger partial charge in [0.15, 0.2) is 6.61 Å². The highest BCUT2D eigenvalue weighted by Crippen LogP contribution is 2.39. The standard InChI is InChI=1S/C26H24Cl2N2O4/c27-19-10-11-21(22(28)16-19)26(12-14-33-15-13-26)25(32)30-29-24(31)17-34-23-9-5-4-8-20(23)18-6-2-1-3-7-18/h1-11,16H,12-15,17H2,(H,29,31)(H,30,32). The van der Waals surface area contributed by atoms with Crippen molar-refractivity contribution in [2.45, 2.75) is 18.3 Å². The first-order valence-corrected chi connectivity index (χ1v) is 11.6. The van der Waals surface area contributed by atoms with Crippen molar-refractivity contribution in [3.8, 4) is 16.9 Å². The van der Waals surface area contributed by atoms with Crippen molar-refractivity contribution in [1.29, 1.82) is 0 Å². The zero-order valence-corrected chi connectivity index (χ0v) is 19.9. The van der Waals surface area contributed by atoms with Crippen LogP contribution in [0.4, 0.5) is 0 Å². The molecule has 1 heterocycles. The molecule has 1 saturated heterocycles. The summed E-state index contributed by atoms with van der Waals surface area (Å²) in [4.78, 5) is 25.7. The van der Waals surface area contributed by atoms with E-state index in [-0.39, 0.29) is 12.5 Å². The third kappa shape index (κ3) is 5.36. The minimum Gasteiger partial charge on any atom is -0.483 e. The van der Waals surface area contributed by atoms with E-state index in [0.29, 0.717) is 47.4 Å². The Hall–Kier alpha value is -3.06. The number of rotatable bonds is 6. The van der Waals surface area contributed by atoms with Crippen LogP contribution in [0.25, 0.3) is 11.1 Å². The number of para-hydroxylation sites is 1. The van der Waals surface area contributed by atoms with Crippen LogP contribution in [-0.2, 0) is 19.7 Å². The quantitative estimate of drug-likeness (QED) is 0.472. The summed E-state index contributed by atoms with van der Waals surface area (Å²) in [5.74, 6) is -0.275. The Balaban J connectivity index is 1.41. The van der Waals surface area contributed by atoms with Gasteiger partial charge in [0, 0.05) is 28.8 Å². The first-order valence-electron chi connectivity index (χ1n) is 10.9. The van der Waals surface area contributed by atoms with Crippen molar-refractivity contribution in [3.63, 3.8) is 0 Å². The molecule has 0 atom stereocenters. The number of hydrazine groups is 1. The number of ether oxygens (including phenoxy) is 2. The first kappa shape index (κ1) is 24.1. The van der Waals surface area contributed by atoms with Crippen LogP contribution in [0.5, 0.6) is 5.75 Å². The molecule has 0 unspecified atom stereocenters. The van der Waals surface area contributed by atoms with Gasteiger partial charge in [-0.15, -0.1) is 0 Å². The number of carbonyl (C=O) groups excluding carboxylic acids is 2. The second kappa shape index (κ2) is 10.9. The van der Waals surface area contributed by atoms with E-state index in [1.54, 1.807) is 24.3 Å². The minimum atomic E-state index is -0.937. The lowest BCUT2D eigenvalue weighted by molar-refractivity contribution is -0.135. The lowest BCUT2D eigenvalue weighted by Crippen LogP contribution is -2.54. The molecule has 1 fully saturated rings. The molecule has 1 aliphatic heterocycles. The highest BCUT2D eigenvalue weighted by molar-refractivity contribution is 6.35. The van der Waals surface area contributed by atoms with Crippen LogP contribution in [-0.4, -0.2) is 31.6 Å². The smallest absolute Gasteiger partial charge is 0.276 e. The second-order valence-corrected chi connectivity index (χ2v) is 8.82. The molecule has 8 heteroatoms. The van der Waals surface area contributed by atoms with Gasteiger partial charge in [-0.05, 0) is 42.2 Å². The molecule has 3 aromatic carbocycles. The van der Waals surface area contributed by atoms with Gasteiger partial charge in [-0.25, -0.2) is 0 Å². The fraction of sp³-hybridized carbons (Fsp3) is 0.231. The summed E-state index contributed by atoms with van der Waals surface area (Å²) in [5, 5.41) is 0.884. The Morgan fingerprint density at radius 3 is 2.35 bits per heavy atom. The monoisotopic (exact) mass is 498 g/mol. The average Bonchev–Trinajstić information content (AvgIpc) is 2.87. The third-order valence-corrected chi connectivity index (χ3v) is 6.42. The Morgan fingerprint density at radius 2 is 1.62 bits per heavy atom. The van der Waals surface area contributed by atoms with Crippen LogP contribution in [0, 0.1) is 0 Å². The van der Waals surface area contributed by atoms with Gasteiger partial charge in [0.25, 0.3) is 5.91 Å². The predicted molar refractivity (Wildman–Crippen MR) is 132 cm³/mol. The van der Waals surface area contributed by atoms with Crippen LogP contribution in [0.2, 0.25) is 10.0 Å². The molecule has 2 amide bonds. The molecule has 176 valence electrons. The molecule has 0 aromatic heterocycles. The van der Waals surface area contributed by atoms with Crippen LogP contribution in [0.15, 0.2) is 72.8 Å². The molecular formula is C26H24Cl2N2O4. The van der Waals surface area contributed by atoms with Crippen molar-refractivity contribution in [3.05, 3.63) is 88.4 Å². The largest absolute Gasteiger partial charge is 0.483 e. The number of benzene rings is 3. The molecule has 1 aliphatic rings. The van der Waals surface area contributed by atoms with Gasteiger partial charge in [0.05, 0.1) is 5.41 Å². The highest BCUT2D eigenvalue weighted by Gasteiger charge is 2.43. The summed E-state index contributed by atoms with van der Waals surface area (Å²) >= 11 is 12.5. The number of amides is 2. The molecule has 3 aromatic rings. The van der Waals surface area contributed by atoms with Crippen molar-refractivity contribution >= 4 is 35.0 Å². The molecule has 2 N–H and O–H groups in total. The maximum Gasteiger partial charge on any atom is 0.276 e. The maximum absolute atomic E-state index is 13.3. The van der Waals surface area contributed by atoms with Gasteiger partial charge in [-0.1, -0.05) is 77.8 Å². The lowest BCUT2D eigenvalue weighted by atomic mass is 9.73. The van der Waals surface area contributed by atoms with Gasteiger partial charge in [0.2, 0.25) is 5.91 Å². The summed E-state index contributed by atoms with van der Waals surface area (Å²) in [5.41, 5.74) is 6.58. The molecule has 6 nitrogen and oxygen atoms in total. The van der Waals surface area contributed by atoms with Crippen molar-refractivity contribution in [2.24, 2.45) is 0 Å². The highest BCUT2D eigenvalue weighted by atomic mass is 35.5. The van der Waals surface area contributed by atoms with E-state index in [4.69, 9.17) is 32.7 Å². The summed E-state index contributed by atoms with van der Waals surface area (Å²) < 4.78 is 11.2. The molecule has 34 heavy (non-hydrogen) atoms. The van der Waals surface area contributed by atoms with Gasteiger partial charge < -0.3 is 9.47 Å². The average molecular weight is 499 g/mol. The number of nitrogens with one attached hydrogen (secondary N) is 2. The van der Waals surface area contributed by atoms with E-state index in [1.165, 1.54) is 0 Å². The molecule has 0 saturated carbocycles. The first-order chi connectivity index (χ1) is 16.5. The number of hydrogen-bond acceptors (Lipinski definition) is 4. The predicted octanol–water partition coefficient (Wildman–Crippen LogP) is 4.94. The number of halogens is 2.